The first-order valence-corrected chi connectivity index (χ1v) is 8.45. The summed E-state index contributed by atoms with van der Waals surface area (Å²) >= 11 is 0. The van der Waals surface area contributed by atoms with Gasteiger partial charge in [-0.15, -0.1) is 12.4 Å². The molecule has 1 saturated heterocycles. The van der Waals surface area contributed by atoms with Crippen molar-refractivity contribution in [3.05, 3.63) is 40.3 Å². The predicted octanol–water partition coefficient (Wildman–Crippen LogP) is 1.48. The normalized spacial score (nSPS) is 18.7. The summed E-state index contributed by atoms with van der Waals surface area (Å²) in [6, 6.07) is 7.42. The third-order valence-electron chi connectivity index (χ3n) is 4.91. The Kier molecular flexibility index (Phi) is 6.19. The molecule has 136 valence electrons. The lowest BCUT2D eigenvalue weighted by Crippen LogP contribution is -2.45. The summed E-state index contributed by atoms with van der Waals surface area (Å²) in [6.07, 6.45) is 2.27. The van der Waals surface area contributed by atoms with Crippen molar-refractivity contribution < 1.29 is 4.79 Å². The van der Waals surface area contributed by atoms with Gasteiger partial charge >= 0.3 is 0 Å². The van der Waals surface area contributed by atoms with Crippen molar-refractivity contribution in [3.8, 4) is 0 Å². The molecule has 6 nitrogen and oxygen atoms in total. The lowest BCUT2D eigenvalue weighted by Gasteiger charge is -2.34. The van der Waals surface area contributed by atoms with E-state index in [0.717, 1.165) is 24.8 Å². The Labute approximate surface area is 153 Å². The van der Waals surface area contributed by atoms with E-state index in [1.165, 1.54) is 4.68 Å². The summed E-state index contributed by atoms with van der Waals surface area (Å²) in [7, 11) is 1.62. The molecule has 0 aliphatic carbocycles. The molecule has 7 heteroatoms. The molecule has 3 rings (SSSR count). The number of hydrogen-bond donors (Lipinski definition) is 1. The van der Waals surface area contributed by atoms with Gasteiger partial charge in [-0.1, -0.05) is 18.2 Å². The molecule has 2 heterocycles. The first kappa shape index (κ1) is 19.4. The maximum absolute atomic E-state index is 12.7. The Hall–Kier alpha value is -1.92. The second-order valence-electron chi connectivity index (χ2n) is 6.70. The topological polar surface area (TPSA) is 81.2 Å². The minimum absolute atomic E-state index is 0. The zero-order valence-corrected chi connectivity index (χ0v) is 15.5. The SMILES string of the molecule is CC(N)C1CCCN(C(=O)Cc2nn(C)c(=O)c3ccccc23)C1.Cl. The van der Waals surface area contributed by atoms with Crippen LogP contribution in [0, 0.1) is 5.92 Å². The fraction of sp³-hybridized carbons (Fsp3) is 0.500. The van der Waals surface area contributed by atoms with Crippen LogP contribution < -0.4 is 11.3 Å². The van der Waals surface area contributed by atoms with Gasteiger partial charge in [-0.25, -0.2) is 4.68 Å². The lowest BCUT2D eigenvalue weighted by molar-refractivity contribution is -0.132. The average molecular weight is 365 g/mol. The number of halogens is 1. The molecular weight excluding hydrogens is 340 g/mol. The molecule has 0 spiro atoms. The Bertz CT molecular complexity index is 818. The molecule has 1 amide bonds. The molecule has 0 bridgehead atoms. The molecule has 25 heavy (non-hydrogen) atoms. The fourth-order valence-electron chi connectivity index (χ4n) is 3.43. The number of amides is 1. The quantitative estimate of drug-likeness (QED) is 0.894. The van der Waals surface area contributed by atoms with Gasteiger partial charge in [0.1, 0.15) is 0 Å². The van der Waals surface area contributed by atoms with E-state index >= 15 is 0 Å². The highest BCUT2D eigenvalue weighted by Gasteiger charge is 2.26. The van der Waals surface area contributed by atoms with Crippen LogP contribution >= 0.6 is 12.4 Å². The van der Waals surface area contributed by atoms with Crippen LogP contribution in [0.3, 0.4) is 0 Å². The molecule has 2 aromatic rings. The second-order valence-corrected chi connectivity index (χ2v) is 6.70. The average Bonchev–Trinajstić information content (AvgIpc) is 2.59. The summed E-state index contributed by atoms with van der Waals surface area (Å²) in [5, 5.41) is 5.68. The Morgan fingerprint density at radius 1 is 1.36 bits per heavy atom. The van der Waals surface area contributed by atoms with E-state index in [-0.39, 0.29) is 36.3 Å². The van der Waals surface area contributed by atoms with Gasteiger partial charge in [-0.05, 0) is 31.7 Å². The van der Waals surface area contributed by atoms with Crippen LogP contribution in [0.15, 0.2) is 29.1 Å². The number of piperidine rings is 1. The van der Waals surface area contributed by atoms with Crippen molar-refractivity contribution >= 4 is 29.1 Å². The van der Waals surface area contributed by atoms with Crippen LogP contribution in [-0.2, 0) is 18.3 Å². The van der Waals surface area contributed by atoms with Crippen LogP contribution in [0.4, 0.5) is 0 Å². The number of rotatable bonds is 3. The van der Waals surface area contributed by atoms with E-state index in [0.29, 0.717) is 23.5 Å². The summed E-state index contributed by atoms with van der Waals surface area (Å²) < 4.78 is 1.31. The van der Waals surface area contributed by atoms with Gasteiger partial charge < -0.3 is 10.6 Å². The van der Waals surface area contributed by atoms with Crippen molar-refractivity contribution in [2.24, 2.45) is 18.7 Å². The van der Waals surface area contributed by atoms with Crippen LogP contribution in [-0.4, -0.2) is 39.7 Å². The third kappa shape index (κ3) is 4.02. The van der Waals surface area contributed by atoms with Crippen molar-refractivity contribution in [2.45, 2.75) is 32.2 Å². The third-order valence-corrected chi connectivity index (χ3v) is 4.91. The molecular formula is C18H25ClN4O2. The number of nitrogens with two attached hydrogens (primary N) is 1. The minimum atomic E-state index is -0.142. The molecule has 0 radical (unpaired) electrons. The standard InChI is InChI=1S/C18H24N4O2.ClH/c1-12(19)13-6-5-9-22(11-13)17(23)10-16-14-7-3-4-8-15(14)18(24)21(2)20-16;/h3-4,7-8,12-13H,5-6,9-11,19H2,1-2H3;1H. The maximum atomic E-state index is 12.7. The monoisotopic (exact) mass is 364 g/mol. The van der Waals surface area contributed by atoms with Crippen LogP contribution in [0.1, 0.15) is 25.5 Å². The molecule has 1 aromatic carbocycles. The zero-order chi connectivity index (χ0) is 17.3. The van der Waals surface area contributed by atoms with Gasteiger partial charge in [0.25, 0.3) is 5.56 Å². The van der Waals surface area contributed by atoms with Crippen molar-refractivity contribution in [1.82, 2.24) is 14.7 Å². The second kappa shape index (κ2) is 7.97. The van der Waals surface area contributed by atoms with E-state index in [4.69, 9.17) is 5.73 Å². The number of aryl methyl sites for hydroxylation is 1. The van der Waals surface area contributed by atoms with E-state index < -0.39 is 0 Å². The van der Waals surface area contributed by atoms with E-state index in [1.54, 1.807) is 13.1 Å². The Morgan fingerprint density at radius 2 is 2.04 bits per heavy atom. The molecule has 2 N–H and O–H groups in total. The summed E-state index contributed by atoms with van der Waals surface area (Å²) in [5.41, 5.74) is 6.52. The van der Waals surface area contributed by atoms with Crippen LogP contribution in [0.5, 0.6) is 0 Å². The zero-order valence-electron chi connectivity index (χ0n) is 14.6. The highest BCUT2D eigenvalue weighted by atomic mass is 35.5. The van der Waals surface area contributed by atoms with Gasteiger partial charge in [0.2, 0.25) is 5.91 Å². The molecule has 1 aromatic heterocycles. The number of nitrogens with zero attached hydrogens (tertiary/aromatic N) is 3. The first-order valence-electron chi connectivity index (χ1n) is 8.45. The first-order chi connectivity index (χ1) is 11.5. The number of hydrogen-bond acceptors (Lipinski definition) is 4. The van der Waals surface area contributed by atoms with Gasteiger partial charge in [-0.3, -0.25) is 9.59 Å². The summed E-state index contributed by atoms with van der Waals surface area (Å²) in [6.45, 7) is 3.48. The molecule has 1 fully saturated rings. The van der Waals surface area contributed by atoms with Crippen LogP contribution in [0.2, 0.25) is 0 Å². The Balaban J connectivity index is 0.00000225. The minimum Gasteiger partial charge on any atom is -0.342 e. The van der Waals surface area contributed by atoms with Crippen molar-refractivity contribution in [1.29, 1.82) is 0 Å². The number of benzene rings is 1. The summed E-state index contributed by atoms with van der Waals surface area (Å²) in [4.78, 5) is 26.8. The molecule has 2 unspecified atom stereocenters. The van der Waals surface area contributed by atoms with Crippen molar-refractivity contribution in [3.63, 3.8) is 0 Å². The maximum Gasteiger partial charge on any atom is 0.274 e. The summed E-state index contributed by atoms with van der Waals surface area (Å²) in [5.74, 6) is 0.407. The van der Waals surface area contributed by atoms with Crippen LogP contribution in [0.25, 0.3) is 10.8 Å². The smallest absolute Gasteiger partial charge is 0.274 e. The Morgan fingerprint density at radius 3 is 2.72 bits per heavy atom. The van der Waals surface area contributed by atoms with Gasteiger partial charge in [-0.2, -0.15) is 5.10 Å². The van der Waals surface area contributed by atoms with Gasteiger partial charge in [0.15, 0.2) is 0 Å². The van der Waals surface area contributed by atoms with Gasteiger partial charge in [0.05, 0.1) is 17.5 Å². The van der Waals surface area contributed by atoms with E-state index in [9.17, 15) is 9.59 Å². The number of fused-ring (bicyclic) bond motifs is 1. The molecule has 1 aliphatic heterocycles. The van der Waals surface area contributed by atoms with E-state index in [2.05, 4.69) is 5.10 Å². The predicted molar refractivity (Wildman–Crippen MR) is 101 cm³/mol. The largest absolute Gasteiger partial charge is 0.342 e. The molecule has 1 aliphatic rings. The van der Waals surface area contributed by atoms with Crippen molar-refractivity contribution in [2.75, 3.05) is 13.1 Å². The number of carbonyl (C=O) groups is 1. The lowest BCUT2D eigenvalue weighted by atomic mass is 9.92. The highest BCUT2D eigenvalue weighted by Crippen LogP contribution is 2.20. The van der Waals surface area contributed by atoms with E-state index in [1.807, 2.05) is 30.0 Å². The molecule has 2 atom stereocenters. The number of aromatic nitrogens is 2. The number of likely N-dealkylation sites (tertiary alicyclic amines) is 1. The fourth-order valence-corrected chi connectivity index (χ4v) is 3.43. The molecule has 0 saturated carbocycles. The van der Waals surface area contributed by atoms with Gasteiger partial charge in [0, 0.05) is 31.6 Å². The highest BCUT2D eigenvalue weighted by molar-refractivity contribution is 5.88. The number of carbonyl (C=O) groups excluding carboxylic acids is 1.